The summed E-state index contributed by atoms with van der Waals surface area (Å²) in [5.74, 6) is 0.925. The SMILES string of the molecule is CC(C)CCC(C)COC(=O)c1ccccc1. The second-order valence-electron chi connectivity index (χ2n) is 5.04. The first-order valence-electron chi connectivity index (χ1n) is 6.31. The molecule has 0 spiro atoms. The van der Waals surface area contributed by atoms with E-state index in [1.807, 2.05) is 18.2 Å². The Bertz CT molecular complexity index is 330. The van der Waals surface area contributed by atoms with E-state index in [9.17, 15) is 4.79 Å². The Balaban J connectivity index is 2.29. The zero-order chi connectivity index (χ0) is 12.7. The highest BCUT2D eigenvalue weighted by Crippen LogP contribution is 2.12. The molecular formula is C15H22O2. The summed E-state index contributed by atoms with van der Waals surface area (Å²) in [5, 5.41) is 0. The minimum Gasteiger partial charge on any atom is -0.462 e. The number of hydrogen-bond donors (Lipinski definition) is 0. The summed E-state index contributed by atoms with van der Waals surface area (Å²) in [6, 6.07) is 9.14. The Hall–Kier alpha value is -1.31. The van der Waals surface area contributed by atoms with Gasteiger partial charge in [0.2, 0.25) is 0 Å². The molecule has 0 aliphatic rings. The van der Waals surface area contributed by atoms with E-state index in [1.54, 1.807) is 12.1 Å². The van der Waals surface area contributed by atoms with E-state index in [2.05, 4.69) is 20.8 Å². The van der Waals surface area contributed by atoms with Gasteiger partial charge in [0.25, 0.3) is 0 Å². The van der Waals surface area contributed by atoms with Crippen LogP contribution in [0.4, 0.5) is 0 Å². The highest BCUT2D eigenvalue weighted by Gasteiger charge is 2.09. The summed E-state index contributed by atoms with van der Waals surface area (Å²) in [7, 11) is 0. The third-order valence-electron chi connectivity index (χ3n) is 2.75. The van der Waals surface area contributed by atoms with E-state index in [0.29, 0.717) is 24.0 Å². The van der Waals surface area contributed by atoms with Gasteiger partial charge in [0.05, 0.1) is 12.2 Å². The summed E-state index contributed by atoms with van der Waals surface area (Å²) < 4.78 is 5.28. The van der Waals surface area contributed by atoms with Crippen molar-refractivity contribution in [1.82, 2.24) is 0 Å². The first-order valence-corrected chi connectivity index (χ1v) is 6.31. The number of esters is 1. The molecule has 0 fully saturated rings. The number of ether oxygens (including phenoxy) is 1. The predicted molar refractivity (Wildman–Crippen MR) is 70.0 cm³/mol. The maximum absolute atomic E-state index is 11.7. The van der Waals surface area contributed by atoms with E-state index in [-0.39, 0.29) is 5.97 Å². The van der Waals surface area contributed by atoms with Gasteiger partial charge in [-0.3, -0.25) is 0 Å². The molecule has 0 aliphatic carbocycles. The Morgan fingerprint density at radius 2 is 1.76 bits per heavy atom. The van der Waals surface area contributed by atoms with Gasteiger partial charge < -0.3 is 4.74 Å². The van der Waals surface area contributed by atoms with Gasteiger partial charge in [-0.1, -0.05) is 45.4 Å². The molecule has 0 N–H and O–H groups in total. The third-order valence-corrected chi connectivity index (χ3v) is 2.75. The fraction of sp³-hybridized carbons (Fsp3) is 0.533. The van der Waals surface area contributed by atoms with Crippen LogP contribution in [0.2, 0.25) is 0 Å². The smallest absolute Gasteiger partial charge is 0.338 e. The molecule has 1 rings (SSSR count). The topological polar surface area (TPSA) is 26.3 Å². The van der Waals surface area contributed by atoms with Crippen molar-refractivity contribution in [2.45, 2.75) is 33.6 Å². The quantitative estimate of drug-likeness (QED) is 0.697. The summed E-state index contributed by atoms with van der Waals surface area (Å²) in [6.07, 6.45) is 2.30. The zero-order valence-corrected chi connectivity index (χ0v) is 11.0. The Morgan fingerprint density at radius 3 is 2.35 bits per heavy atom. The molecule has 0 bridgehead atoms. The number of hydrogen-bond acceptors (Lipinski definition) is 2. The van der Waals surface area contributed by atoms with Crippen molar-refractivity contribution in [2.24, 2.45) is 11.8 Å². The molecule has 0 aliphatic heterocycles. The zero-order valence-electron chi connectivity index (χ0n) is 11.0. The largest absolute Gasteiger partial charge is 0.462 e. The van der Waals surface area contributed by atoms with Crippen molar-refractivity contribution in [1.29, 1.82) is 0 Å². The first-order chi connectivity index (χ1) is 8.09. The highest BCUT2D eigenvalue weighted by molar-refractivity contribution is 5.89. The Kier molecular flexibility index (Phi) is 5.75. The van der Waals surface area contributed by atoms with Gasteiger partial charge in [0, 0.05) is 0 Å². The van der Waals surface area contributed by atoms with Crippen molar-refractivity contribution in [3.05, 3.63) is 35.9 Å². The van der Waals surface area contributed by atoms with Crippen LogP contribution in [0.5, 0.6) is 0 Å². The van der Waals surface area contributed by atoms with Crippen molar-refractivity contribution in [2.75, 3.05) is 6.61 Å². The van der Waals surface area contributed by atoms with Crippen LogP contribution in [0.25, 0.3) is 0 Å². The lowest BCUT2D eigenvalue weighted by molar-refractivity contribution is 0.0441. The average molecular weight is 234 g/mol. The minimum atomic E-state index is -0.220. The van der Waals surface area contributed by atoms with E-state index in [1.165, 1.54) is 6.42 Å². The molecule has 2 heteroatoms. The van der Waals surface area contributed by atoms with E-state index in [0.717, 1.165) is 6.42 Å². The van der Waals surface area contributed by atoms with Crippen LogP contribution >= 0.6 is 0 Å². The lowest BCUT2D eigenvalue weighted by Crippen LogP contribution is -2.12. The van der Waals surface area contributed by atoms with Gasteiger partial charge in [-0.15, -0.1) is 0 Å². The fourth-order valence-electron chi connectivity index (χ4n) is 1.58. The molecule has 1 unspecified atom stereocenters. The minimum absolute atomic E-state index is 0.220. The fourth-order valence-corrected chi connectivity index (χ4v) is 1.58. The highest BCUT2D eigenvalue weighted by atomic mass is 16.5. The van der Waals surface area contributed by atoms with Gasteiger partial charge in [0.1, 0.15) is 0 Å². The molecule has 1 atom stereocenters. The van der Waals surface area contributed by atoms with Crippen LogP contribution in [0.3, 0.4) is 0 Å². The molecule has 0 saturated carbocycles. The van der Waals surface area contributed by atoms with Crippen LogP contribution in [0.1, 0.15) is 44.0 Å². The van der Waals surface area contributed by atoms with Gasteiger partial charge >= 0.3 is 5.97 Å². The van der Waals surface area contributed by atoms with Gasteiger partial charge in [-0.25, -0.2) is 4.79 Å². The summed E-state index contributed by atoms with van der Waals surface area (Å²) in [4.78, 5) is 11.7. The van der Waals surface area contributed by atoms with Crippen LogP contribution < -0.4 is 0 Å². The number of carbonyl (C=O) groups excluding carboxylic acids is 1. The monoisotopic (exact) mass is 234 g/mol. The molecule has 17 heavy (non-hydrogen) atoms. The number of rotatable bonds is 6. The molecule has 2 nitrogen and oxygen atoms in total. The lowest BCUT2D eigenvalue weighted by atomic mass is 10.0. The maximum Gasteiger partial charge on any atom is 0.338 e. The van der Waals surface area contributed by atoms with Crippen molar-refractivity contribution >= 4 is 5.97 Å². The van der Waals surface area contributed by atoms with Gasteiger partial charge in [-0.2, -0.15) is 0 Å². The molecule has 94 valence electrons. The van der Waals surface area contributed by atoms with Crippen molar-refractivity contribution in [3.8, 4) is 0 Å². The molecule has 0 heterocycles. The molecule has 0 saturated heterocycles. The van der Waals surface area contributed by atoms with Crippen LogP contribution in [0.15, 0.2) is 30.3 Å². The van der Waals surface area contributed by atoms with Crippen LogP contribution in [-0.2, 0) is 4.74 Å². The van der Waals surface area contributed by atoms with Crippen LogP contribution in [0, 0.1) is 11.8 Å². The van der Waals surface area contributed by atoms with E-state index in [4.69, 9.17) is 4.74 Å². The number of benzene rings is 1. The molecule has 1 aromatic carbocycles. The van der Waals surface area contributed by atoms with Crippen molar-refractivity contribution in [3.63, 3.8) is 0 Å². The molecule has 0 amide bonds. The maximum atomic E-state index is 11.7. The molecule has 0 aromatic heterocycles. The summed E-state index contributed by atoms with van der Waals surface area (Å²) in [6.45, 7) is 7.06. The Labute approximate surface area is 104 Å². The van der Waals surface area contributed by atoms with E-state index >= 15 is 0 Å². The first kappa shape index (κ1) is 13.8. The predicted octanol–water partition coefficient (Wildman–Crippen LogP) is 3.92. The average Bonchev–Trinajstić information content (AvgIpc) is 2.34. The van der Waals surface area contributed by atoms with Gasteiger partial charge in [0.15, 0.2) is 0 Å². The summed E-state index contributed by atoms with van der Waals surface area (Å²) in [5.41, 5.74) is 0.628. The normalized spacial score (nSPS) is 12.5. The van der Waals surface area contributed by atoms with E-state index < -0.39 is 0 Å². The molecular weight excluding hydrogens is 212 g/mol. The molecule has 1 aromatic rings. The molecule has 0 radical (unpaired) electrons. The van der Waals surface area contributed by atoms with Gasteiger partial charge in [-0.05, 0) is 30.4 Å². The lowest BCUT2D eigenvalue weighted by Gasteiger charge is -2.13. The number of carbonyl (C=O) groups is 1. The second kappa shape index (κ2) is 7.10. The standard InChI is InChI=1S/C15H22O2/c1-12(2)9-10-13(3)11-17-15(16)14-7-5-4-6-8-14/h4-8,12-13H,9-11H2,1-3H3. The third kappa shape index (κ3) is 5.53. The van der Waals surface area contributed by atoms with Crippen LogP contribution in [-0.4, -0.2) is 12.6 Å². The Morgan fingerprint density at radius 1 is 1.12 bits per heavy atom. The second-order valence-corrected chi connectivity index (χ2v) is 5.04. The summed E-state index contributed by atoms with van der Waals surface area (Å²) >= 11 is 0. The van der Waals surface area contributed by atoms with Crippen molar-refractivity contribution < 1.29 is 9.53 Å².